The molecule has 176 valence electrons. The minimum absolute atomic E-state index is 0.0582. The van der Waals surface area contributed by atoms with Crippen LogP contribution in [0.4, 0.5) is 5.69 Å². The lowest BCUT2D eigenvalue weighted by molar-refractivity contribution is -0.154. The van der Waals surface area contributed by atoms with Crippen LogP contribution in [0.25, 0.3) is 0 Å². The maximum absolute atomic E-state index is 12.8. The fraction of sp³-hybridized carbons (Fsp3) is 0.500. The summed E-state index contributed by atoms with van der Waals surface area (Å²) >= 11 is 7.23. The summed E-state index contributed by atoms with van der Waals surface area (Å²) in [6.07, 6.45) is 0.803. The van der Waals surface area contributed by atoms with E-state index in [9.17, 15) is 24.0 Å². The van der Waals surface area contributed by atoms with Crippen molar-refractivity contribution in [3.63, 3.8) is 0 Å². The van der Waals surface area contributed by atoms with E-state index in [1.165, 1.54) is 24.3 Å². The van der Waals surface area contributed by atoms with Crippen molar-refractivity contribution in [1.82, 2.24) is 4.90 Å². The van der Waals surface area contributed by atoms with E-state index < -0.39 is 42.8 Å². The molecule has 1 aliphatic heterocycles. The number of carbonyl (C=O) groups excluding carboxylic acids is 5. The van der Waals surface area contributed by atoms with Gasteiger partial charge in [-0.15, -0.1) is 0 Å². The predicted octanol–water partition coefficient (Wildman–Crippen LogP) is 2.12. The predicted molar refractivity (Wildman–Crippen MR) is 123 cm³/mol. The number of esters is 2. The van der Waals surface area contributed by atoms with Crippen LogP contribution in [-0.2, 0) is 28.7 Å². The van der Waals surface area contributed by atoms with Crippen molar-refractivity contribution in [2.45, 2.75) is 23.0 Å². The molecule has 2 aliphatic carbocycles. The summed E-state index contributed by atoms with van der Waals surface area (Å²) in [4.78, 5) is 62.8. The van der Waals surface area contributed by atoms with Crippen LogP contribution in [0, 0.1) is 23.7 Å². The lowest BCUT2D eigenvalue weighted by Crippen LogP contribution is -2.38. The maximum atomic E-state index is 12.8. The standard InChI is InChI=1S/C22H22Br2N2O7/c1-2-32-22(31)10-3-5-11(6-4-10)25-14(27)9-33-15(28)8-26-20(29)16-12-7-13(17(16)21(26)30)19(24)18(12)23/h3-6,12-13,16-19H,2,7-9H2,1H3,(H,25,27)/t12-,13-,16-,17+,18+,19+/m1/s1. The number of benzene rings is 1. The number of nitrogens with one attached hydrogen (secondary N) is 1. The van der Waals surface area contributed by atoms with E-state index in [0.717, 1.165) is 11.3 Å². The summed E-state index contributed by atoms with van der Waals surface area (Å²) in [5.74, 6) is -3.28. The van der Waals surface area contributed by atoms with E-state index in [2.05, 4.69) is 37.2 Å². The van der Waals surface area contributed by atoms with Gasteiger partial charge in [0.05, 0.1) is 24.0 Å². The molecule has 9 nitrogen and oxygen atoms in total. The largest absolute Gasteiger partial charge is 0.462 e. The summed E-state index contributed by atoms with van der Waals surface area (Å²) < 4.78 is 9.87. The third-order valence-electron chi connectivity index (χ3n) is 6.41. The number of hydrogen-bond acceptors (Lipinski definition) is 7. The number of ether oxygens (including phenoxy) is 2. The topological polar surface area (TPSA) is 119 Å². The van der Waals surface area contributed by atoms with Crippen LogP contribution in [0.2, 0.25) is 0 Å². The Morgan fingerprint density at radius 3 is 2.12 bits per heavy atom. The quantitative estimate of drug-likeness (QED) is 0.296. The van der Waals surface area contributed by atoms with Gasteiger partial charge in [-0.2, -0.15) is 0 Å². The first kappa shape index (κ1) is 23.9. The first-order valence-corrected chi connectivity index (χ1v) is 12.4. The van der Waals surface area contributed by atoms with E-state index in [0.29, 0.717) is 11.3 Å². The van der Waals surface area contributed by atoms with Gasteiger partial charge in [-0.1, -0.05) is 31.9 Å². The highest BCUT2D eigenvalue weighted by Crippen LogP contribution is 2.60. The van der Waals surface area contributed by atoms with Crippen molar-refractivity contribution in [3.05, 3.63) is 29.8 Å². The molecule has 11 heteroatoms. The number of carbonyl (C=O) groups is 5. The van der Waals surface area contributed by atoms with Gasteiger partial charge < -0.3 is 14.8 Å². The average molecular weight is 586 g/mol. The zero-order valence-electron chi connectivity index (χ0n) is 17.7. The fourth-order valence-electron chi connectivity index (χ4n) is 4.99. The second-order valence-electron chi connectivity index (χ2n) is 8.27. The minimum atomic E-state index is -0.831. The first-order chi connectivity index (χ1) is 15.7. The van der Waals surface area contributed by atoms with Crippen LogP contribution < -0.4 is 5.32 Å². The lowest BCUT2D eigenvalue weighted by Gasteiger charge is -2.28. The molecule has 1 aromatic rings. The number of rotatable bonds is 7. The van der Waals surface area contributed by atoms with Crippen LogP contribution in [-0.4, -0.2) is 64.0 Å². The Labute approximate surface area is 206 Å². The van der Waals surface area contributed by atoms with Crippen LogP contribution in [0.15, 0.2) is 24.3 Å². The number of hydrogen-bond donors (Lipinski definition) is 1. The molecule has 0 aromatic heterocycles. The van der Waals surface area contributed by atoms with Crippen molar-refractivity contribution < 1.29 is 33.4 Å². The Morgan fingerprint density at radius 2 is 1.58 bits per heavy atom. The maximum Gasteiger partial charge on any atom is 0.338 e. The minimum Gasteiger partial charge on any atom is -0.462 e. The Morgan fingerprint density at radius 1 is 1.00 bits per heavy atom. The summed E-state index contributed by atoms with van der Waals surface area (Å²) in [6.45, 7) is 0.884. The zero-order valence-corrected chi connectivity index (χ0v) is 20.8. The Balaban J connectivity index is 1.27. The third-order valence-corrected chi connectivity index (χ3v) is 9.62. The second-order valence-corrected chi connectivity index (χ2v) is 10.4. The molecule has 1 N–H and O–H groups in total. The van der Waals surface area contributed by atoms with Crippen molar-refractivity contribution in [3.8, 4) is 0 Å². The highest BCUT2D eigenvalue weighted by molar-refractivity contribution is 9.12. The van der Waals surface area contributed by atoms with Crippen molar-refractivity contribution in [1.29, 1.82) is 0 Å². The van der Waals surface area contributed by atoms with Gasteiger partial charge in [0, 0.05) is 15.3 Å². The number of alkyl halides is 2. The number of nitrogens with zero attached hydrogens (tertiary/aromatic N) is 1. The van der Waals surface area contributed by atoms with E-state index >= 15 is 0 Å². The number of fused-ring (bicyclic) bond motifs is 5. The summed E-state index contributed by atoms with van der Waals surface area (Å²) in [5, 5.41) is 2.54. The van der Waals surface area contributed by atoms with Gasteiger partial charge in [0.1, 0.15) is 6.54 Å². The third kappa shape index (κ3) is 4.44. The summed E-state index contributed by atoms with van der Waals surface area (Å²) in [5.41, 5.74) is 0.753. The van der Waals surface area contributed by atoms with Crippen molar-refractivity contribution in [2.75, 3.05) is 25.1 Å². The smallest absolute Gasteiger partial charge is 0.338 e. The molecule has 33 heavy (non-hydrogen) atoms. The highest BCUT2D eigenvalue weighted by atomic mass is 79.9. The van der Waals surface area contributed by atoms with E-state index in [4.69, 9.17) is 9.47 Å². The molecule has 0 radical (unpaired) electrons. The van der Waals surface area contributed by atoms with Gasteiger partial charge >= 0.3 is 11.9 Å². The van der Waals surface area contributed by atoms with E-state index in [1.54, 1.807) is 6.92 Å². The second kappa shape index (κ2) is 9.54. The Bertz CT molecular complexity index is 967. The summed E-state index contributed by atoms with van der Waals surface area (Å²) in [7, 11) is 0. The Kier molecular flexibility index (Phi) is 6.90. The monoisotopic (exact) mass is 584 g/mol. The van der Waals surface area contributed by atoms with Crippen LogP contribution in [0.1, 0.15) is 23.7 Å². The SMILES string of the molecule is CCOC(=O)c1ccc(NC(=O)COC(=O)CN2C(=O)[C@@H]3[C@H]4C[C@@H]([C@H](Br)[C@H]4Br)[C@@H]3C2=O)cc1. The molecular weight excluding hydrogens is 564 g/mol. The molecule has 3 fully saturated rings. The molecule has 6 atom stereocenters. The van der Waals surface area contributed by atoms with Gasteiger partial charge in [0.25, 0.3) is 5.91 Å². The molecule has 2 saturated carbocycles. The lowest BCUT2D eigenvalue weighted by atomic mass is 9.81. The Hall–Kier alpha value is -2.27. The number of imide groups is 1. The molecule has 3 amide bonds. The van der Waals surface area contributed by atoms with Crippen molar-refractivity contribution >= 4 is 67.2 Å². The first-order valence-electron chi connectivity index (χ1n) is 10.6. The normalized spacial score (nSPS) is 29.7. The van der Waals surface area contributed by atoms with Gasteiger partial charge in [-0.3, -0.25) is 24.1 Å². The number of anilines is 1. The highest BCUT2D eigenvalue weighted by Gasteiger charge is 2.66. The molecule has 0 unspecified atom stereocenters. The average Bonchev–Trinajstić information content (AvgIpc) is 3.39. The molecule has 3 aliphatic rings. The van der Waals surface area contributed by atoms with Gasteiger partial charge in [0.2, 0.25) is 11.8 Å². The fourth-order valence-corrected chi connectivity index (χ4v) is 6.86. The molecule has 1 saturated heterocycles. The molecular formula is C22H22Br2N2O7. The molecule has 0 spiro atoms. The van der Waals surface area contributed by atoms with Gasteiger partial charge in [-0.05, 0) is 49.4 Å². The molecule has 4 rings (SSSR count). The van der Waals surface area contributed by atoms with Gasteiger partial charge in [-0.25, -0.2) is 4.79 Å². The van der Waals surface area contributed by atoms with Crippen LogP contribution in [0.3, 0.4) is 0 Å². The molecule has 2 bridgehead atoms. The van der Waals surface area contributed by atoms with Gasteiger partial charge in [0.15, 0.2) is 6.61 Å². The van der Waals surface area contributed by atoms with Crippen molar-refractivity contribution in [2.24, 2.45) is 23.7 Å². The van der Waals surface area contributed by atoms with E-state index in [1.807, 2.05) is 0 Å². The van der Waals surface area contributed by atoms with Crippen LogP contribution >= 0.6 is 31.9 Å². The number of amides is 3. The van der Waals surface area contributed by atoms with E-state index in [-0.39, 0.29) is 39.9 Å². The number of likely N-dealkylation sites (tertiary alicyclic amines) is 1. The number of halogens is 2. The zero-order chi connectivity index (χ0) is 23.9. The molecule has 1 heterocycles. The summed E-state index contributed by atoms with van der Waals surface area (Å²) in [6, 6.07) is 6.05. The van der Waals surface area contributed by atoms with Crippen LogP contribution in [0.5, 0.6) is 0 Å². The molecule has 1 aromatic carbocycles.